The first-order valence-electron chi connectivity index (χ1n) is 9.33. The van der Waals surface area contributed by atoms with E-state index in [1.165, 1.54) is 24.3 Å². The number of rotatable bonds is 7. The van der Waals surface area contributed by atoms with E-state index in [2.05, 4.69) is 19.9 Å². The highest BCUT2D eigenvalue weighted by atomic mass is 19.4. The van der Waals surface area contributed by atoms with Crippen LogP contribution in [0.25, 0.3) is 0 Å². The third-order valence-electron chi connectivity index (χ3n) is 4.56. The molecule has 1 saturated heterocycles. The van der Waals surface area contributed by atoms with Gasteiger partial charge in [0.2, 0.25) is 5.88 Å². The Labute approximate surface area is 170 Å². The molecule has 3 rings (SSSR count). The van der Waals surface area contributed by atoms with Crippen molar-refractivity contribution in [2.24, 2.45) is 0 Å². The van der Waals surface area contributed by atoms with E-state index in [4.69, 9.17) is 4.74 Å². The summed E-state index contributed by atoms with van der Waals surface area (Å²) in [4.78, 5) is 18.3. The predicted octanol–water partition coefficient (Wildman–Crippen LogP) is 2.97. The first-order chi connectivity index (χ1) is 14.3. The van der Waals surface area contributed by atoms with Crippen molar-refractivity contribution in [1.29, 1.82) is 0 Å². The van der Waals surface area contributed by atoms with Crippen LogP contribution in [-0.4, -0.2) is 61.4 Å². The Morgan fingerprint density at radius 1 is 1.23 bits per heavy atom. The Kier molecular flexibility index (Phi) is 7.22. The number of halogens is 4. The lowest BCUT2D eigenvalue weighted by molar-refractivity contribution is -0.154. The lowest BCUT2D eigenvalue weighted by Gasteiger charge is -2.35. The fraction of sp³-hybridized carbons (Fsp3) is 0.400. The number of amides is 1. The van der Waals surface area contributed by atoms with Gasteiger partial charge in [0.15, 0.2) is 6.61 Å². The zero-order valence-electron chi connectivity index (χ0n) is 16.0. The number of morpholine rings is 1. The van der Waals surface area contributed by atoms with E-state index in [1.54, 1.807) is 12.1 Å². The van der Waals surface area contributed by atoms with E-state index in [9.17, 15) is 22.4 Å². The lowest BCUT2D eigenvalue weighted by Crippen LogP contribution is -2.43. The molecule has 0 spiro atoms. The summed E-state index contributed by atoms with van der Waals surface area (Å²) in [5, 5.41) is 2.79. The zero-order valence-corrected chi connectivity index (χ0v) is 16.0. The van der Waals surface area contributed by atoms with Gasteiger partial charge in [-0.1, -0.05) is 12.1 Å². The van der Waals surface area contributed by atoms with Gasteiger partial charge in [-0.3, -0.25) is 9.69 Å². The number of carbonyl (C=O) groups is 1. The highest BCUT2D eigenvalue weighted by Gasteiger charge is 2.28. The molecule has 6 nitrogen and oxygen atoms in total. The molecule has 2 heterocycles. The van der Waals surface area contributed by atoms with Gasteiger partial charge in [0.05, 0.1) is 24.8 Å². The molecule has 162 valence electrons. The van der Waals surface area contributed by atoms with Crippen LogP contribution in [0, 0.1) is 5.82 Å². The van der Waals surface area contributed by atoms with Gasteiger partial charge in [-0.25, -0.2) is 9.37 Å². The second-order valence-electron chi connectivity index (χ2n) is 6.72. The van der Waals surface area contributed by atoms with Crippen LogP contribution < -0.4 is 10.1 Å². The van der Waals surface area contributed by atoms with Crippen LogP contribution in [0.4, 0.5) is 17.6 Å². The summed E-state index contributed by atoms with van der Waals surface area (Å²) in [5.41, 5.74) is 0.903. The Morgan fingerprint density at radius 2 is 2.00 bits per heavy atom. The normalized spacial score (nSPS) is 16.1. The second-order valence-corrected chi connectivity index (χ2v) is 6.72. The van der Waals surface area contributed by atoms with Gasteiger partial charge in [0, 0.05) is 31.9 Å². The van der Waals surface area contributed by atoms with Gasteiger partial charge < -0.3 is 14.8 Å². The van der Waals surface area contributed by atoms with Crippen molar-refractivity contribution in [2.45, 2.75) is 12.2 Å². The number of alkyl halides is 3. The summed E-state index contributed by atoms with van der Waals surface area (Å²) in [6.07, 6.45) is -3.32. The molecule has 1 aromatic heterocycles. The summed E-state index contributed by atoms with van der Waals surface area (Å²) < 4.78 is 60.2. The standard InChI is InChI=1S/C20H21F4N3O3/c21-16-3-1-2-14(10-16)17(27-6-8-29-9-7-27)12-26-19(28)15-4-5-18(25-11-15)30-13-20(22,23)24/h1-5,10-11,17H,6-9,12-13H2,(H,26,28). The molecule has 1 aliphatic heterocycles. The lowest BCUT2D eigenvalue weighted by atomic mass is 10.0. The summed E-state index contributed by atoms with van der Waals surface area (Å²) in [7, 11) is 0. The molecule has 0 bridgehead atoms. The van der Waals surface area contributed by atoms with Crippen molar-refractivity contribution in [3.8, 4) is 5.88 Å². The van der Waals surface area contributed by atoms with Crippen molar-refractivity contribution < 1.29 is 31.8 Å². The van der Waals surface area contributed by atoms with Gasteiger partial charge >= 0.3 is 6.18 Å². The molecule has 1 fully saturated rings. The number of pyridine rings is 1. The molecule has 1 N–H and O–H groups in total. The van der Waals surface area contributed by atoms with Crippen LogP contribution in [0.3, 0.4) is 0 Å². The molecular weight excluding hydrogens is 406 g/mol. The fourth-order valence-corrected chi connectivity index (χ4v) is 3.11. The molecule has 1 unspecified atom stereocenters. The van der Waals surface area contributed by atoms with Gasteiger partial charge in [0.1, 0.15) is 5.82 Å². The first kappa shape index (κ1) is 22.0. The molecule has 1 amide bonds. The minimum absolute atomic E-state index is 0.175. The Balaban J connectivity index is 1.63. The van der Waals surface area contributed by atoms with Gasteiger partial charge in [0.25, 0.3) is 5.91 Å². The van der Waals surface area contributed by atoms with Crippen molar-refractivity contribution in [3.05, 3.63) is 59.5 Å². The van der Waals surface area contributed by atoms with Crippen molar-refractivity contribution >= 4 is 5.91 Å². The quantitative estimate of drug-likeness (QED) is 0.689. The van der Waals surface area contributed by atoms with E-state index in [0.29, 0.717) is 26.3 Å². The average Bonchev–Trinajstić information content (AvgIpc) is 2.73. The van der Waals surface area contributed by atoms with Crippen LogP contribution in [0.15, 0.2) is 42.6 Å². The van der Waals surface area contributed by atoms with E-state index < -0.39 is 18.7 Å². The SMILES string of the molecule is O=C(NCC(c1cccc(F)c1)N1CCOCC1)c1ccc(OCC(F)(F)F)nc1. The van der Waals surface area contributed by atoms with Crippen molar-refractivity contribution in [2.75, 3.05) is 39.5 Å². The fourth-order valence-electron chi connectivity index (χ4n) is 3.11. The molecule has 1 atom stereocenters. The molecule has 1 aromatic carbocycles. The minimum Gasteiger partial charge on any atom is -0.468 e. The first-order valence-corrected chi connectivity index (χ1v) is 9.33. The molecule has 0 radical (unpaired) electrons. The number of carbonyl (C=O) groups excluding carboxylic acids is 1. The summed E-state index contributed by atoms with van der Waals surface area (Å²) in [6.45, 7) is 1.13. The minimum atomic E-state index is -4.47. The van der Waals surface area contributed by atoms with Crippen LogP contribution >= 0.6 is 0 Å². The molecule has 0 aliphatic carbocycles. The predicted molar refractivity (Wildman–Crippen MR) is 99.7 cm³/mol. The number of benzene rings is 1. The number of hydrogen-bond acceptors (Lipinski definition) is 5. The number of aromatic nitrogens is 1. The maximum absolute atomic E-state index is 13.7. The van der Waals surface area contributed by atoms with Crippen LogP contribution in [0.2, 0.25) is 0 Å². The summed E-state index contributed by atoms with van der Waals surface area (Å²) >= 11 is 0. The second kappa shape index (κ2) is 9.86. The van der Waals surface area contributed by atoms with E-state index in [0.717, 1.165) is 11.8 Å². The highest BCUT2D eigenvalue weighted by Crippen LogP contribution is 2.22. The summed E-state index contributed by atoms with van der Waals surface area (Å²) in [6, 6.07) is 8.48. The van der Waals surface area contributed by atoms with Crippen molar-refractivity contribution in [3.63, 3.8) is 0 Å². The Morgan fingerprint density at radius 3 is 2.63 bits per heavy atom. The number of hydrogen-bond donors (Lipinski definition) is 1. The third kappa shape index (κ3) is 6.39. The largest absolute Gasteiger partial charge is 0.468 e. The van der Waals surface area contributed by atoms with E-state index in [1.807, 2.05) is 0 Å². The van der Waals surface area contributed by atoms with Gasteiger partial charge in [-0.05, 0) is 23.8 Å². The van der Waals surface area contributed by atoms with Gasteiger partial charge in [-0.2, -0.15) is 13.2 Å². The Hall–Kier alpha value is -2.72. The molecule has 2 aromatic rings. The number of ether oxygens (including phenoxy) is 2. The smallest absolute Gasteiger partial charge is 0.422 e. The van der Waals surface area contributed by atoms with Crippen LogP contribution in [0.1, 0.15) is 22.0 Å². The van der Waals surface area contributed by atoms with Crippen LogP contribution in [0.5, 0.6) is 5.88 Å². The Bertz CT molecular complexity index is 840. The van der Waals surface area contributed by atoms with Gasteiger partial charge in [-0.15, -0.1) is 0 Å². The maximum atomic E-state index is 13.7. The highest BCUT2D eigenvalue weighted by molar-refractivity contribution is 5.93. The third-order valence-corrected chi connectivity index (χ3v) is 4.56. The molecule has 30 heavy (non-hydrogen) atoms. The average molecular weight is 427 g/mol. The topological polar surface area (TPSA) is 63.7 Å². The monoisotopic (exact) mass is 427 g/mol. The molecule has 0 saturated carbocycles. The molecule has 1 aliphatic rings. The number of nitrogens with one attached hydrogen (secondary N) is 1. The maximum Gasteiger partial charge on any atom is 0.422 e. The zero-order chi connectivity index (χ0) is 21.6. The van der Waals surface area contributed by atoms with Crippen LogP contribution in [-0.2, 0) is 4.74 Å². The number of nitrogens with zero attached hydrogens (tertiary/aromatic N) is 2. The van der Waals surface area contributed by atoms with E-state index >= 15 is 0 Å². The van der Waals surface area contributed by atoms with E-state index in [-0.39, 0.29) is 29.8 Å². The molecule has 10 heteroatoms. The van der Waals surface area contributed by atoms with Crippen molar-refractivity contribution in [1.82, 2.24) is 15.2 Å². The molecular formula is C20H21F4N3O3. The summed E-state index contributed by atoms with van der Waals surface area (Å²) in [5.74, 6) is -1.04.